The largest absolute Gasteiger partial charge is 0.389 e. The van der Waals surface area contributed by atoms with Crippen LogP contribution < -0.4 is 10.7 Å². The van der Waals surface area contributed by atoms with Crippen molar-refractivity contribution in [3.63, 3.8) is 0 Å². The lowest BCUT2D eigenvalue weighted by Gasteiger charge is -2.05. The SMILES string of the molecule is C=C(/C=C/c1ccc(C(=C)N/N=C/c2ccccc2C#N)cc1)NC. The second kappa shape index (κ2) is 8.90. The van der Waals surface area contributed by atoms with Gasteiger partial charge in [0.25, 0.3) is 0 Å². The minimum absolute atomic E-state index is 0.581. The van der Waals surface area contributed by atoms with Gasteiger partial charge in [0.15, 0.2) is 0 Å². The summed E-state index contributed by atoms with van der Waals surface area (Å²) in [7, 11) is 1.83. The number of benzene rings is 2. The molecule has 4 nitrogen and oxygen atoms in total. The molecule has 2 N–H and O–H groups in total. The smallest absolute Gasteiger partial charge is 0.0998 e. The summed E-state index contributed by atoms with van der Waals surface area (Å²) in [6.45, 7) is 7.83. The van der Waals surface area contributed by atoms with Gasteiger partial charge in [0.2, 0.25) is 0 Å². The van der Waals surface area contributed by atoms with Gasteiger partial charge in [-0.1, -0.05) is 61.7 Å². The molecule has 25 heavy (non-hydrogen) atoms. The predicted octanol–water partition coefficient (Wildman–Crippen LogP) is 3.90. The van der Waals surface area contributed by atoms with Crippen molar-refractivity contribution in [2.75, 3.05) is 7.05 Å². The molecule has 0 aliphatic carbocycles. The molecule has 0 amide bonds. The summed E-state index contributed by atoms with van der Waals surface area (Å²) in [6.07, 6.45) is 5.51. The fraction of sp³-hybridized carbons (Fsp3) is 0.0476. The van der Waals surface area contributed by atoms with Crippen molar-refractivity contribution >= 4 is 18.0 Å². The molecule has 0 aliphatic heterocycles. The van der Waals surface area contributed by atoms with Crippen molar-refractivity contribution < 1.29 is 0 Å². The van der Waals surface area contributed by atoms with Gasteiger partial charge in [0.1, 0.15) is 0 Å². The fourth-order valence-corrected chi connectivity index (χ4v) is 2.03. The van der Waals surface area contributed by atoms with Crippen LogP contribution in [0.1, 0.15) is 22.3 Å². The highest BCUT2D eigenvalue weighted by atomic mass is 15.3. The minimum atomic E-state index is 0.581. The standard InChI is InChI=1S/C21H20N4/c1-16(23-3)8-9-18-10-12-19(13-11-18)17(2)25-24-15-21-7-5-4-6-20(21)14-22/h4-13,15,23,25H,1-2H2,3H3/b9-8+,24-15+. The van der Waals surface area contributed by atoms with E-state index in [1.54, 1.807) is 12.3 Å². The molecule has 0 atom stereocenters. The van der Waals surface area contributed by atoms with Crippen LogP contribution in [-0.2, 0) is 0 Å². The molecule has 124 valence electrons. The van der Waals surface area contributed by atoms with Crippen LogP contribution in [0.2, 0.25) is 0 Å². The third kappa shape index (κ3) is 5.22. The lowest BCUT2D eigenvalue weighted by molar-refractivity contribution is 1.00. The summed E-state index contributed by atoms with van der Waals surface area (Å²) >= 11 is 0. The highest BCUT2D eigenvalue weighted by Gasteiger charge is 1.99. The summed E-state index contributed by atoms with van der Waals surface area (Å²) in [4.78, 5) is 0. The Bertz CT molecular complexity index is 852. The summed E-state index contributed by atoms with van der Waals surface area (Å²) in [5.41, 5.74) is 7.78. The first-order valence-corrected chi connectivity index (χ1v) is 7.76. The van der Waals surface area contributed by atoms with E-state index < -0.39 is 0 Å². The number of hydrogen-bond acceptors (Lipinski definition) is 4. The molecule has 0 bridgehead atoms. The zero-order valence-electron chi connectivity index (χ0n) is 14.2. The zero-order valence-corrected chi connectivity index (χ0v) is 14.2. The molecular formula is C21H20N4. The Morgan fingerprint density at radius 2 is 1.84 bits per heavy atom. The molecule has 0 saturated heterocycles. The molecular weight excluding hydrogens is 308 g/mol. The molecule has 0 radical (unpaired) electrons. The first-order valence-electron chi connectivity index (χ1n) is 7.76. The Balaban J connectivity index is 1.99. The van der Waals surface area contributed by atoms with Crippen LogP contribution in [0.4, 0.5) is 0 Å². The van der Waals surface area contributed by atoms with E-state index >= 15 is 0 Å². The highest BCUT2D eigenvalue weighted by Crippen LogP contribution is 2.13. The molecule has 0 heterocycles. The highest BCUT2D eigenvalue weighted by molar-refractivity contribution is 5.83. The maximum atomic E-state index is 9.06. The van der Waals surface area contributed by atoms with Gasteiger partial charge in [-0.3, -0.25) is 5.43 Å². The number of nitriles is 1. The lowest BCUT2D eigenvalue weighted by atomic mass is 10.1. The van der Waals surface area contributed by atoms with Gasteiger partial charge in [0.05, 0.1) is 23.5 Å². The average molecular weight is 328 g/mol. The van der Waals surface area contributed by atoms with E-state index in [0.717, 1.165) is 22.4 Å². The van der Waals surface area contributed by atoms with Crippen molar-refractivity contribution in [2.24, 2.45) is 5.10 Å². The van der Waals surface area contributed by atoms with Crippen LogP contribution in [0.25, 0.3) is 11.8 Å². The van der Waals surface area contributed by atoms with Crippen molar-refractivity contribution in [1.29, 1.82) is 5.26 Å². The first kappa shape index (κ1) is 17.8. The predicted molar refractivity (Wildman–Crippen MR) is 105 cm³/mol. The van der Waals surface area contributed by atoms with Gasteiger partial charge in [-0.05, 0) is 23.3 Å². The van der Waals surface area contributed by atoms with E-state index in [0.29, 0.717) is 11.3 Å². The van der Waals surface area contributed by atoms with Crippen molar-refractivity contribution in [1.82, 2.24) is 10.7 Å². The second-order valence-electron chi connectivity index (χ2n) is 5.28. The zero-order chi connectivity index (χ0) is 18.1. The third-order valence-electron chi connectivity index (χ3n) is 3.54. The molecule has 0 saturated carbocycles. The quantitative estimate of drug-likeness (QED) is 0.460. The minimum Gasteiger partial charge on any atom is -0.389 e. The van der Waals surface area contributed by atoms with Crippen LogP contribution >= 0.6 is 0 Å². The van der Waals surface area contributed by atoms with Crippen LogP contribution in [-0.4, -0.2) is 13.3 Å². The Morgan fingerprint density at radius 3 is 2.52 bits per heavy atom. The molecule has 0 unspecified atom stereocenters. The third-order valence-corrected chi connectivity index (χ3v) is 3.54. The molecule has 2 rings (SSSR count). The topological polar surface area (TPSA) is 60.2 Å². The number of rotatable bonds is 7. The van der Waals surface area contributed by atoms with E-state index in [1.807, 2.05) is 61.7 Å². The molecule has 2 aromatic carbocycles. The number of hydrazone groups is 1. The Labute approximate surface area is 148 Å². The summed E-state index contributed by atoms with van der Waals surface area (Å²) in [5.74, 6) is 0. The number of nitrogens with one attached hydrogen (secondary N) is 2. The molecule has 0 fully saturated rings. The van der Waals surface area contributed by atoms with Gasteiger partial charge < -0.3 is 5.32 Å². The molecule has 0 spiro atoms. The summed E-state index contributed by atoms with van der Waals surface area (Å²) < 4.78 is 0. The number of likely N-dealkylation sites (N-methyl/N-ethyl adjacent to an activating group) is 1. The van der Waals surface area contributed by atoms with Gasteiger partial charge in [-0.2, -0.15) is 10.4 Å². The van der Waals surface area contributed by atoms with Crippen LogP contribution in [0.5, 0.6) is 0 Å². The number of allylic oxidation sites excluding steroid dienone is 1. The van der Waals surface area contributed by atoms with Gasteiger partial charge >= 0.3 is 0 Å². The van der Waals surface area contributed by atoms with Crippen molar-refractivity contribution in [2.45, 2.75) is 0 Å². The van der Waals surface area contributed by atoms with E-state index in [2.05, 4.69) is 35.1 Å². The first-order chi connectivity index (χ1) is 12.1. The van der Waals surface area contributed by atoms with Gasteiger partial charge in [-0.25, -0.2) is 0 Å². The number of nitrogens with zero attached hydrogens (tertiary/aromatic N) is 2. The molecule has 0 aromatic heterocycles. The van der Waals surface area contributed by atoms with E-state index in [-0.39, 0.29) is 0 Å². The molecule has 0 aliphatic rings. The molecule has 2 aromatic rings. The van der Waals surface area contributed by atoms with E-state index in [1.165, 1.54) is 0 Å². The normalized spacial score (nSPS) is 10.6. The van der Waals surface area contributed by atoms with Crippen molar-refractivity contribution in [3.05, 3.63) is 95.7 Å². The summed E-state index contributed by atoms with van der Waals surface area (Å²) in [5, 5.41) is 16.2. The average Bonchev–Trinajstić information content (AvgIpc) is 2.66. The van der Waals surface area contributed by atoms with Crippen molar-refractivity contribution in [3.8, 4) is 6.07 Å². The van der Waals surface area contributed by atoms with Crippen LogP contribution in [0.3, 0.4) is 0 Å². The van der Waals surface area contributed by atoms with Crippen LogP contribution in [0.15, 0.2) is 78.6 Å². The fourth-order valence-electron chi connectivity index (χ4n) is 2.03. The van der Waals surface area contributed by atoms with Gasteiger partial charge in [-0.15, -0.1) is 0 Å². The van der Waals surface area contributed by atoms with E-state index in [4.69, 9.17) is 5.26 Å². The van der Waals surface area contributed by atoms with Gasteiger partial charge in [0, 0.05) is 18.3 Å². The Kier molecular flexibility index (Phi) is 6.32. The second-order valence-corrected chi connectivity index (χ2v) is 5.28. The molecule has 4 heteroatoms. The summed E-state index contributed by atoms with van der Waals surface area (Å²) in [6, 6.07) is 17.4. The number of hydrogen-bond donors (Lipinski definition) is 2. The Hall–Kier alpha value is -3.58. The maximum absolute atomic E-state index is 9.06. The van der Waals surface area contributed by atoms with E-state index in [9.17, 15) is 0 Å². The Morgan fingerprint density at radius 1 is 1.12 bits per heavy atom. The maximum Gasteiger partial charge on any atom is 0.0998 e. The van der Waals surface area contributed by atoms with Crippen LogP contribution in [0, 0.1) is 11.3 Å². The monoisotopic (exact) mass is 328 g/mol. The lowest BCUT2D eigenvalue weighted by Crippen LogP contribution is -2.04.